The van der Waals surface area contributed by atoms with Crippen LogP contribution >= 0.6 is 11.3 Å². The van der Waals surface area contributed by atoms with Gasteiger partial charge in [0.1, 0.15) is 0 Å². The Balaban J connectivity index is 1.56. The number of fused-ring (bicyclic) bond motifs is 1. The molecule has 1 amide bonds. The standard InChI is InChI=1S/C19H22N4OS/c1-14-13-16(21-18-9-10-20-23(14)18)17-6-2-3-11-22(17)19(24)8-7-15-5-4-12-25-15/h4-5,9-10,12-13,17H,2-3,6-8,11H2,1H3. The van der Waals surface area contributed by atoms with E-state index in [0.29, 0.717) is 6.42 Å². The van der Waals surface area contributed by atoms with Crippen molar-refractivity contribution < 1.29 is 4.79 Å². The number of nitrogens with zero attached hydrogens (tertiary/aromatic N) is 4. The lowest BCUT2D eigenvalue weighted by molar-refractivity contribution is -0.135. The maximum absolute atomic E-state index is 12.9. The van der Waals surface area contributed by atoms with E-state index >= 15 is 0 Å². The molecule has 0 N–H and O–H groups in total. The fraction of sp³-hybridized carbons (Fsp3) is 0.421. The van der Waals surface area contributed by atoms with Crippen LogP contribution in [-0.4, -0.2) is 31.9 Å². The zero-order chi connectivity index (χ0) is 17.2. The van der Waals surface area contributed by atoms with Crippen molar-refractivity contribution in [3.63, 3.8) is 0 Å². The van der Waals surface area contributed by atoms with Crippen molar-refractivity contribution >= 4 is 22.9 Å². The average Bonchev–Trinajstić information content (AvgIpc) is 3.31. The molecule has 25 heavy (non-hydrogen) atoms. The summed E-state index contributed by atoms with van der Waals surface area (Å²) in [5.41, 5.74) is 2.91. The van der Waals surface area contributed by atoms with E-state index in [1.165, 1.54) is 4.88 Å². The van der Waals surface area contributed by atoms with Crippen LogP contribution in [0.1, 0.15) is 48.0 Å². The van der Waals surface area contributed by atoms with Crippen molar-refractivity contribution in [2.24, 2.45) is 0 Å². The zero-order valence-electron chi connectivity index (χ0n) is 14.4. The van der Waals surface area contributed by atoms with Crippen LogP contribution in [0, 0.1) is 6.92 Å². The molecule has 0 radical (unpaired) electrons. The Labute approximate surface area is 151 Å². The number of aromatic nitrogens is 3. The summed E-state index contributed by atoms with van der Waals surface area (Å²) in [6.07, 6.45) is 6.38. The molecule has 5 nitrogen and oxygen atoms in total. The number of piperidine rings is 1. The van der Waals surface area contributed by atoms with Gasteiger partial charge < -0.3 is 4.90 Å². The maximum atomic E-state index is 12.9. The lowest BCUT2D eigenvalue weighted by atomic mass is 9.98. The summed E-state index contributed by atoms with van der Waals surface area (Å²) in [4.78, 5) is 21.0. The van der Waals surface area contributed by atoms with Gasteiger partial charge in [0.2, 0.25) is 5.91 Å². The molecule has 130 valence electrons. The first-order chi connectivity index (χ1) is 12.2. The van der Waals surface area contributed by atoms with E-state index in [1.54, 1.807) is 17.5 Å². The molecule has 1 aliphatic heterocycles. The largest absolute Gasteiger partial charge is 0.334 e. The van der Waals surface area contributed by atoms with Crippen LogP contribution in [-0.2, 0) is 11.2 Å². The first kappa shape index (κ1) is 16.3. The monoisotopic (exact) mass is 354 g/mol. The summed E-state index contributed by atoms with van der Waals surface area (Å²) in [5.74, 6) is 0.242. The van der Waals surface area contributed by atoms with Gasteiger partial charge in [0.15, 0.2) is 5.65 Å². The molecule has 3 aromatic rings. The third-order valence-corrected chi connectivity index (χ3v) is 5.82. The predicted molar refractivity (Wildman–Crippen MR) is 98.7 cm³/mol. The van der Waals surface area contributed by atoms with E-state index in [4.69, 9.17) is 4.98 Å². The SMILES string of the molecule is Cc1cc(C2CCCCN2C(=O)CCc2cccs2)nc2ccnn12. The van der Waals surface area contributed by atoms with Crippen molar-refractivity contribution in [3.8, 4) is 0 Å². The van der Waals surface area contributed by atoms with E-state index < -0.39 is 0 Å². The van der Waals surface area contributed by atoms with Crippen LogP contribution in [0.15, 0.2) is 35.8 Å². The number of thiophene rings is 1. The van der Waals surface area contributed by atoms with E-state index in [-0.39, 0.29) is 11.9 Å². The Morgan fingerprint density at radius 2 is 2.28 bits per heavy atom. The number of carbonyl (C=O) groups excluding carboxylic acids is 1. The van der Waals surface area contributed by atoms with Gasteiger partial charge in [-0.3, -0.25) is 4.79 Å². The summed E-state index contributed by atoms with van der Waals surface area (Å²) in [6, 6.07) is 8.23. The van der Waals surface area contributed by atoms with Gasteiger partial charge in [0, 0.05) is 29.6 Å². The number of hydrogen-bond donors (Lipinski definition) is 0. The molecule has 3 aromatic heterocycles. The average molecular weight is 354 g/mol. The molecule has 4 heterocycles. The molecule has 0 spiro atoms. The lowest BCUT2D eigenvalue weighted by Crippen LogP contribution is -2.39. The van der Waals surface area contributed by atoms with Gasteiger partial charge in [-0.2, -0.15) is 5.10 Å². The zero-order valence-corrected chi connectivity index (χ0v) is 15.2. The van der Waals surface area contributed by atoms with Crippen LogP contribution in [0.4, 0.5) is 0 Å². The molecular formula is C19H22N4OS. The number of carbonyl (C=O) groups is 1. The fourth-order valence-electron chi connectivity index (χ4n) is 3.63. The summed E-state index contributed by atoms with van der Waals surface area (Å²) in [5, 5.41) is 6.36. The molecule has 6 heteroatoms. The van der Waals surface area contributed by atoms with E-state index in [2.05, 4.69) is 22.6 Å². The molecule has 1 atom stereocenters. The Kier molecular flexibility index (Phi) is 4.53. The Morgan fingerprint density at radius 3 is 3.12 bits per heavy atom. The Bertz CT molecular complexity index is 871. The number of amides is 1. The van der Waals surface area contributed by atoms with Crippen LogP contribution in [0.2, 0.25) is 0 Å². The Morgan fingerprint density at radius 1 is 1.36 bits per heavy atom. The second kappa shape index (κ2) is 6.96. The fourth-order valence-corrected chi connectivity index (χ4v) is 4.34. The molecule has 0 aromatic carbocycles. The third-order valence-electron chi connectivity index (χ3n) is 4.89. The van der Waals surface area contributed by atoms with Gasteiger partial charge in [-0.05, 0) is 50.1 Å². The van der Waals surface area contributed by atoms with Crippen molar-refractivity contribution in [2.75, 3.05) is 6.54 Å². The number of aryl methyl sites for hydroxylation is 2. The molecule has 1 saturated heterocycles. The lowest BCUT2D eigenvalue weighted by Gasteiger charge is -2.35. The van der Waals surface area contributed by atoms with Crippen molar-refractivity contribution in [1.29, 1.82) is 0 Å². The minimum Gasteiger partial charge on any atom is -0.334 e. The van der Waals surface area contributed by atoms with Gasteiger partial charge in [-0.25, -0.2) is 9.50 Å². The second-order valence-electron chi connectivity index (χ2n) is 6.60. The first-order valence-electron chi connectivity index (χ1n) is 8.85. The van der Waals surface area contributed by atoms with E-state index in [1.807, 2.05) is 28.5 Å². The molecule has 0 saturated carbocycles. The van der Waals surface area contributed by atoms with Crippen molar-refractivity contribution in [3.05, 3.63) is 52.1 Å². The predicted octanol–water partition coefficient (Wildman–Crippen LogP) is 3.79. The molecule has 1 unspecified atom stereocenters. The highest BCUT2D eigenvalue weighted by Crippen LogP contribution is 2.31. The Hall–Kier alpha value is -2.21. The van der Waals surface area contributed by atoms with Gasteiger partial charge in [-0.1, -0.05) is 6.07 Å². The summed E-state index contributed by atoms with van der Waals surface area (Å²) < 4.78 is 1.84. The number of likely N-dealkylation sites (tertiary alicyclic amines) is 1. The highest BCUT2D eigenvalue weighted by molar-refractivity contribution is 7.09. The van der Waals surface area contributed by atoms with Gasteiger partial charge in [0.05, 0.1) is 17.9 Å². The van der Waals surface area contributed by atoms with Crippen LogP contribution in [0.3, 0.4) is 0 Å². The van der Waals surface area contributed by atoms with Crippen LogP contribution in [0.25, 0.3) is 5.65 Å². The highest BCUT2D eigenvalue weighted by atomic mass is 32.1. The van der Waals surface area contributed by atoms with Crippen molar-refractivity contribution in [1.82, 2.24) is 19.5 Å². The molecule has 0 aliphatic carbocycles. The molecular weight excluding hydrogens is 332 g/mol. The van der Waals surface area contributed by atoms with E-state index in [9.17, 15) is 4.79 Å². The normalized spacial score (nSPS) is 18.0. The molecule has 0 bridgehead atoms. The number of rotatable bonds is 4. The second-order valence-corrected chi connectivity index (χ2v) is 7.63. The summed E-state index contributed by atoms with van der Waals surface area (Å²) in [7, 11) is 0. The van der Waals surface area contributed by atoms with E-state index in [0.717, 1.165) is 49.3 Å². The molecule has 1 fully saturated rings. The first-order valence-corrected chi connectivity index (χ1v) is 9.73. The highest BCUT2D eigenvalue weighted by Gasteiger charge is 2.29. The third kappa shape index (κ3) is 3.31. The summed E-state index contributed by atoms with van der Waals surface area (Å²) in [6.45, 7) is 2.87. The minimum atomic E-state index is 0.0863. The van der Waals surface area contributed by atoms with Gasteiger partial charge in [0.25, 0.3) is 0 Å². The molecule has 4 rings (SSSR count). The van der Waals surface area contributed by atoms with Gasteiger partial charge in [-0.15, -0.1) is 11.3 Å². The quantitative estimate of drug-likeness (QED) is 0.716. The molecule has 1 aliphatic rings. The number of hydrogen-bond acceptors (Lipinski definition) is 4. The summed E-state index contributed by atoms with van der Waals surface area (Å²) >= 11 is 1.72. The maximum Gasteiger partial charge on any atom is 0.223 e. The minimum absolute atomic E-state index is 0.0863. The van der Waals surface area contributed by atoms with Crippen LogP contribution < -0.4 is 0 Å². The smallest absolute Gasteiger partial charge is 0.223 e. The van der Waals surface area contributed by atoms with Crippen molar-refractivity contribution in [2.45, 2.75) is 45.1 Å². The van der Waals surface area contributed by atoms with Crippen LogP contribution in [0.5, 0.6) is 0 Å². The topological polar surface area (TPSA) is 50.5 Å². The van der Waals surface area contributed by atoms with Gasteiger partial charge >= 0.3 is 0 Å².